The second-order valence-corrected chi connectivity index (χ2v) is 5.61. The van der Waals surface area contributed by atoms with Crippen molar-refractivity contribution in [2.24, 2.45) is 0 Å². The summed E-state index contributed by atoms with van der Waals surface area (Å²) in [5.74, 6) is 1.87. The van der Waals surface area contributed by atoms with Gasteiger partial charge in [-0.25, -0.2) is 4.98 Å². The summed E-state index contributed by atoms with van der Waals surface area (Å²) in [7, 11) is 5.86. The van der Waals surface area contributed by atoms with E-state index in [0.717, 1.165) is 35.7 Å². The highest BCUT2D eigenvalue weighted by Gasteiger charge is 2.12. The smallest absolute Gasteiger partial charge is 0.141 e. The number of para-hydroxylation sites is 2. The fourth-order valence-corrected chi connectivity index (χ4v) is 2.56. The van der Waals surface area contributed by atoms with E-state index in [1.54, 1.807) is 7.11 Å². The third-order valence-corrected chi connectivity index (χ3v) is 3.77. The van der Waals surface area contributed by atoms with Crippen LogP contribution in [0.3, 0.4) is 0 Å². The molecule has 0 spiro atoms. The lowest BCUT2D eigenvalue weighted by Gasteiger charge is -2.13. The van der Waals surface area contributed by atoms with Gasteiger partial charge in [0.1, 0.15) is 11.6 Å². The first-order chi connectivity index (χ1) is 10.7. The molecule has 0 fully saturated rings. The number of rotatable bonds is 5. The van der Waals surface area contributed by atoms with E-state index >= 15 is 0 Å². The van der Waals surface area contributed by atoms with Crippen LogP contribution in [-0.2, 0) is 6.54 Å². The van der Waals surface area contributed by atoms with Crippen LogP contribution in [-0.4, -0.2) is 42.2 Å². The molecule has 114 valence electrons. The predicted octanol–water partition coefficient (Wildman–Crippen LogP) is 3.27. The van der Waals surface area contributed by atoms with Crippen molar-refractivity contribution in [2.75, 3.05) is 27.7 Å². The number of ether oxygens (including phenoxy) is 1. The van der Waals surface area contributed by atoms with Gasteiger partial charge in [0.2, 0.25) is 0 Å². The highest BCUT2D eigenvalue weighted by molar-refractivity contribution is 5.80. The molecular formula is C18H21N3O. The minimum Gasteiger partial charge on any atom is -0.497 e. The maximum Gasteiger partial charge on any atom is 0.141 e. The van der Waals surface area contributed by atoms with E-state index in [-0.39, 0.29) is 0 Å². The molecule has 3 aromatic rings. The van der Waals surface area contributed by atoms with E-state index in [1.165, 1.54) is 5.52 Å². The minimum absolute atomic E-state index is 0.861. The number of aromatic nitrogens is 2. The largest absolute Gasteiger partial charge is 0.497 e. The number of imidazole rings is 1. The lowest BCUT2D eigenvalue weighted by atomic mass is 10.2. The number of fused-ring (bicyclic) bond motifs is 1. The Hall–Kier alpha value is -2.33. The van der Waals surface area contributed by atoms with E-state index in [9.17, 15) is 0 Å². The van der Waals surface area contributed by atoms with Crippen LogP contribution in [0.2, 0.25) is 0 Å². The number of hydrogen-bond acceptors (Lipinski definition) is 3. The molecule has 0 atom stereocenters. The monoisotopic (exact) mass is 295 g/mol. The third-order valence-electron chi connectivity index (χ3n) is 3.77. The van der Waals surface area contributed by atoms with Crippen molar-refractivity contribution < 1.29 is 4.74 Å². The molecule has 0 saturated heterocycles. The normalized spacial score (nSPS) is 11.3. The standard InChI is InChI=1S/C18H21N3O/c1-20(2)12-13-21-17-7-5-4-6-16(17)19-18(21)14-8-10-15(22-3)11-9-14/h4-11H,12-13H2,1-3H3. The number of nitrogens with zero attached hydrogens (tertiary/aromatic N) is 3. The van der Waals surface area contributed by atoms with Crippen molar-refractivity contribution in [2.45, 2.75) is 6.54 Å². The number of hydrogen-bond donors (Lipinski definition) is 0. The topological polar surface area (TPSA) is 30.3 Å². The van der Waals surface area contributed by atoms with Gasteiger partial charge in [0.15, 0.2) is 0 Å². The molecule has 0 bridgehead atoms. The van der Waals surface area contributed by atoms with E-state index < -0.39 is 0 Å². The van der Waals surface area contributed by atoms with Gasteiger partial charge in [-0.2, -0.15) is 0 Å². The first-order valence-corrected chi connectivity index (χ1v) is 7.43. The Kier molecular flexibility index (Phi) is 4.11. The first kappa shape index (κ1) is 14.6. The zero-order valence-electron chi connectivity index (χ0n) is 13.3. The van der Waals surface area contributed by atoms with Crippen molar-refractivity contribution in [1.82, 2.24) is 14.5 Å². The van der Waals surface area contributed by atoms with Gasteiger partial charge >= 0.3 is 0 Å². The van der Waals surface area contributed by atoms with Crippen molar-refractivity contribution >= 4 is 11.0 Å². The molecule has 0 amide bonds. The van der Waals surface area contributed by atoms with Crippen LogP contribution in [0.15, 0.2) is 48.5 Å². The number of methoxy groups -OCH3 is 1. The lowest BCUT2D eigenvalue weighted by Crippen LogP contribution is -2.18. The molecule has 22 heavy (non-hydrogen) atoms. The van der Waals surface area contributed by atoms with Gasteiger partial charge in [-0.1, -0.05) is 12.1 Å². The summed E-state index contributed by atoms with van der Waals surface area (Å²) in [6.45, 7) is 1.89. The Labute approximate surface area is 131 Å². The van der Waals surface area contributed by atoms with Gasteiger partial charge in [0.25, 0.3) is 0 Å². The number of likely N-dealkylation sites (N-methyl/N-ethyl adjacent to an activating group) is 1. The molecule has 3 rings (SSSR count). The Morgan fingerprint density at radius 3 is 2.45 bits per heavy atom. The molecular weight excluding hydrogens is 274 g/mol. The van der Waals surface area contributed by atoms with Gasteiger partial charge < -0.3 is 14.2 Å². The molecule has 0 unspecified atom stereocenters. The second-order valence-electron chi connectivity index (χ2n) is 5.61. The highest BCUT2D eigenvalue weighted by atomic mass is 16.5. The van der Waals surface area contributed by atoms with Gasteiger partial charge in [-0.05, 0) is 50.5 Å². The average molecular weight is 295 g/mol. The van der Waals surface area contributed by atoms with Gasteiger partial charge in [0.05, 0.1) is 18.1 Å². The Balaban J connectivity index is 2.08. The molecule has 4 nitrogen and oxygen atoms in total. The molecule has 0 aliphatic heterocycles. The summed E-state index contributed by atoms with van der Waals surface area (Å²) in [5.41, 5.74) is 3.32. The fraction of sp³-hybridized carbons (Fsp3) is 0.278. The van der Waals surface area contributed by atoms with Crippen molar-refractivity contribution in [1.29, 1.82) is 0 Å². The highest BCUT2D eigenvalue weighted by Crippen LogP contribution is 2.26. The van der Waals surface area contributed by atoms with Gasteiger partial charge in [-0.15, -0.1) is 0 Å². The van der Waals surface area contributed by atoms with Crippen LogP contribution in [0.5, 0.6) is 5.75 Å². The van der Waals surface area contributed by atoms with E-state index in [1.807, 2.05) is 18.2 Å². The maximum absolute atomic E-state index is 5.24. The summed E-state index contributed by atoms with van der Waals surface area (Å²) in [4.78, 5) is 7.01. The van der Waals surface area contributed by atoms with Crippen LogP contribution in [0, 0.1) is 0 Å². The quantitative estimate of drug-likeness (QED) is 0.723. The van der Waals surface area contributed by atoms with Crippen LogP contribution in [0.4, 0.5) is 0 Å². The van der Waals surface area contributed by atoms with E-state index in [0.29, 0.717) is 0 Å². The van der Waals surface area contributed by atoms with Crippen LogP contribution < -0.4 is 4.74 Å². The summed E-state index contributed by atoms with van der Waals surface area (Å²) in [6.07, 6.45) is 0. The van der Waals surface area contributed by atoms with Crippen LogP contribution in [0.25, 0.3) is 22.4 Å². The molecule has 1 aromatic heterocycles. The minimum atomic E-state index is 0.861. The Morgan fingerprint density at radius 2 is 1.77 bits per heavy atom. The molecule has 0 radical (unpaired) electrons. The zero-order chi connectivity index (χ0) is 15.5. The SMILES string of the molecule is COc1ccc(-c2nc3ccccc3n2CCN(C)C)cc1. The summed E-state index contributed by atoms with van der Waals surface area (Å²) in [6, 6.07) is 16.4. The van der Waals surface area contributed by atoms with Crippen molar-refractivity contribution in [3.63, 3.8) is 0 Å². The van der Waals surface area contributed by atoms with Crippen molar-refractivity contribution in [3.05, 3.63) is 48.5 Å². The van der Waals surface area contributed by atoms with Crippen molar-refractivity contribution in [3.8, 4) is 17.1 Å². The maximum atomic E-state index is 5.24. The second kappa shape index (κ2) is 6.20. The molecule has 0 saturated carbocycles. The van der Waals surface area contributed by atoms with Gasteiger partial charge in [0, 0.05) is 18.7 Å². The average Bonchev–Trinajstić information content (AvgIpc) is 2.91. The lowest BCUT2D eigenvalue weighted by molar-refractivity contribution is 0.387. The predicted molar refractivity (Wildman–Crippen MR) is 90.3 cm³/mol. The molecule has 0 aliphatic rings. The molecule has 0 aliphatic carbocycles. The first-order valence-electron chi connectivity index (χ1n) is 7.43. The van der Waals surface area contributed by atoms with Crippen LogP contribution >= 0.6 is 0 Å². The van der Waals surface area contributed by atoms with Gasteiger partial charge in [-0.3, -0.25) is 0 Å². The van der Waals surface area contributed by atoms with E-state index in [2.05, 4.69) is 53.9 Å². The van der Waals surface area contributed by atoms with E-state index in [4.69, 9.17) is 9.72 Å². The summed E-state index contributed by atoms with van der Waals surface area (Å²) in [5, 5.41) is 0. The fourth-order valence-electron chi connectivity index (χ4n) is 2.56. The zero-order valence-corrected chi connectivity index (χ0v) is 13.3. The summed E-state index contributed by atoms with van der Waals surface area (Å²) < 4.78 is 7.53. The molecule has 2 aromatic carbocycles. The third kappa shape index (κ3) is 2.83. The Morgan fingerprint density at radius 1 is 1.05 bits per heavy atom. The Bertz CT molecular complexity index is 760. The molecule has 0 N–H and O–H groups in total. The van der Waals surface area contributed by atoms with Crippen LogP contribution in [0.1, 0.15) is 0 Å². The molecule has 4 heteroatoms. The molecule has 1 heterocycles. The number of benzene rings is 2. The summed E-state index contributed by atoms with van der Waals surface area (Å²) >= 11 is 0.